The Balaban J connectivity index is 2.18. The number of likely N-dealkylation sites (N-methyl/N-ethyl adjacent to an activating group) is 1. The number of aromatic nitrogens is 1. The lowest BCUT2D eigenvalue weighted by molar-refractivity contribution is -0.123. The van der Waals surface area contributed by atoms with Crippen molar-refractivity contribution in [3.63, 3.8) is 0 Å². The largest absolute Gasteiger partial charge is 0.452 e. The number of pyridine rings is 1. The molecule has 1 amide bonds. The highest BCUT2D eigenvalue weighted by Crippen LogP contribution is 2.21. The molecule has 0 fully saturated rings. The van der Waals surface area contributed by atoms with Crippen LogP contribution in [-0.2, 0) is 9.53 Å². The van der Waals surface area contributed by atoms with Gasteiger partial charge in [0.25, 0.3) is 5.91 Å². The number of carbonyl (C=O) groups excluding carboxylic acids is 2. The van der Waals surface area contributed by atoms with Crippen LogP contribution in [0.2, 0.25) is 0 Å². The van der Waals surface area contributed by atoms with Crippen molar-refractivity contribution < 1.29 is 18.7 Å². The number of anilines is 2. The van der Waals surface area contributed by atoms with Crippen LogP contribution < -0.4 is 10.6 Å². The molecule has 6 nitrogen and oxygen atoms in total. The van der Waals surface area contributed by atoms with Crippen molar-refractivity contribution in [3.05, 3.63) is 54.0 Å². The minimum absolute atomic E-state index is 0.106. The number of ether oxygens (including phenoxy) is 1. The topological polar surface area (TPSA) is 80.3 Å². The number of nitrogens with one attached hydrogen (secondary N) is 2. The Labute approximate surface area is 126 Å². The molecule has 1 aromatic heterocycles. The fraction of sp³-hybridized carbons (Fsp3) is 0.133. The lowest BCUT2D eigenvalue weighted by atomic mass is 10.2. The third-order valence-corrected chi connectivity index (χ3v) is 2.77. The summed E-state index contributed by atoms with van der Waals surface area (Å²) in [5.41, 5.74) is 0.288. The molecule has 2 aromatic rings. The lowest BCUT2D eigenvalue weighted by Crippen LogP contribution is -2.25. The zero-order valence-corrected chi connectivity index (χ0v) is 11.8. The Kier molecular flexibility index (Phi) is 5.02. The minimum atomic E-state index is -0.726. The average Bonchev–Trinajstić information content (AvgIpc) is 2.55. The highest BCUT2D eigenvalue weighted by molar-refractivity contribution is 5.96. The van der Waals surface area contributed by atoms with Crippen LogP contribution in [-0.4, -0.2) is 30.5 Å². The summed E-state index contributed by atoms with van der Waals surface area (Å²) in [7, 11) is 1.44. The molecule has 0 aliphatic heterocycles. The van der Waals surface area contributed by atoms with E-state index in [4.69, 9.17) is 4.74 Å². The van der Waals surface area contributed by atoms with E-state index in [1.165, 1.54) is 31.4 Å². The predicted octanol–water partition coefficient (Wildman–Crippen LogP) is 1.87. The molecule has 2 rings (SSSR count). The summed E-state index contributed by atoms with van der Waals surface area (Å²) in [6.07, 6.45) is 1.46. The molecule has 1 aromatic carbocycles. The Morgan fingerprint density at radius 1 is 1.23 bits per heavy atom. The summed E-state index contributed by atoms with van der Waals surface area (Å²) >= 11 is 0. The van der Waals surface area contributed by atoms with E-state index in [1.54, 1.807) is 18.2 Å². The van der Waals surface area contributed by atoms with Crippen LogP contribution in [0.3, 0.4) is 0 Å². The molecule has 1 heterocycles. The van der Waals surface area contributed by atoms with Gasteiger partial charge in [-0.1, -0.05) is 12.1 Å². The zero-order valence-electron chi connectivity index (χ0n) is 11.8. The second-order valence-electron chi connectivity index (χ2n) is 4.25. The molecule has 0 aliphatic rings. The maximum atomic E-state index is 13.6. The number of para-hydroxylation sites is 1. The number of esters is 1. The molecule has 0 spiro atoms. The Morgan fingerprint density at radius 3 is 2.73 bits per heavy atom. The molecule has 7 heteroatoms. The van der Waals surface area contributed by atoms with E-state index in [0.717, 1.165) is 0 Å². The van der Waals surface area contributed by atoms with Crippen LogP contribution in [0.25, 0.3) is 0 Å². The molecule has 0 aliphatic carbocycles. The SMILES string of the molecule is CNC(=O)COC(=O)c1cccnc1Nc1ccccc1F. The van der Waals surface area contributed by atoms with Crippen LogP contribution >= 0.6 is 0 Å². The smallest absolute Gasteiger partial charge is 0.342 e. The number of amides is 1. The van der Waals surface area contributed by atoms with Gasteiger partial charge in [0, 0.05) is 13.2 Å². The number of halogens is 1. The van der Waals surface area contributed by atoms with Crippen LogP contribution in [0.1, 0.15) is 10.4 Å². The molecule has 0 saturated carbocycles. The van der Waals surface area contributed by atoms with Gasteiger partial charge in [-0.15, -0.1) is 0 Å². The van der Waals surface area contributed by atoms with Crippen molar-refractivity contribution >= 4 is 23.4 Å². The summed E-state index contributed by atoms with van der Waals surface area (Å²) in [6.45, 7) is -0.399. The third kappa shape index (κ3) is 3.78. The molecule has 114 valence electrons. The van der Waals surface area contributed by atoms with Gasteiger partial charge in [0.15, 0.2) is 6.61 Å². The van der Waals surface area contributed by atoms with Crippen molar-refractivity contribution in [2.45, 2.75) is 0 Å². The molecule has 0 atom stereocenters. The molecular formula is C15H14FN3O3. The molecular weight excluding hydrogens is 289 g/mol. The highest BCUT2D eigenvalue weighted by Gasteiger charge is 2.16. The molecule has 0 radical (unpaired) electrons. The van der Waals surface area contributed by atoms with E-state index in [2.05, 4.69) is 15.6 Å². The van der Waals surface area contributed by atoms with E-state index >= 15 is 0 Å². The van der Waals surface area contributed by atoms with Crippen LogP contribution in [0.15, 0.2) is 42.6 Å². The molecule has 0 saturated heterocycles. The van der Waals surface area contributed by atoms with Gasteiger partial charge in [-0.3, -0.25) is 4.79 Å². The summed E-state index contributed by atoms with van der Waals surface area (Å²) < 4.78 is 18.5. The number of rotatable bonds is 5. The van der Waals surface area contributed by atoms with E-state index in [-0.39, 0.29) is 17.1 Å². The van der Waals surface area contributed by atoms with Crippen molar-refractivity contribution in [2.24, 2.45) is 0 Å². The standard InChI is InChI=1S/C15H14FN3O3/c1-17-13(20)9-22-15(21)10-5-4-8-18-14(10)19-12-7-3-2-6-11(12)16/h2-8H,9H2,1H3,(H,17,20)(H,18,19). The fourth-order valence-electron chi connectivity index (χ4n) is 1.64. The van der Waals surface area contributed by atoms with Crippen molar-refractivity contribution in [3.8, 4) is 0 Å². The summed E-state index contributed by atoms with van der Waals surface area (Å²) in [5.74, 6) is -1.48. The van der Waals surface area contributed by atoms with E-state index < -0.39 is 24.3 Å². The normalized spacial score (nSPS) is 9.91. The van der Waals surface area contributed by atoms with Gasteiger partial charge < -0.3 is 15.4 Å². The number of hydrogen-bond donors (Lipinski definition) is 2. The van der Waals surface area contributed by atoms with Gasteiger partial charge >= 0.3 is 5.97 Å². The van der Waals surface area contributed by atoms with Crippen molar-refractivity contribution in [2.75, 3.05) is 19.0 Å². The van der Waals surface area contributed by atoms with Crippen LogP contribution in [0.4, 0.5) is 15.9 Å². The first-order chi connectivity index (χ1) is 10.6. The quantitative estimate of drug-likeness (QED) is 0.824. The second-order valence-corrected chi connectivity index (χ2v) is 4.25. The van der Waals surface area contributed by atoms with Gasteiger partial charge in [-0.25, -0.2) is 14.2 Å². The first-order valence-electron chi connectivity index (χ1n) is 6.46. The van der Waals surface area contributed by atoms with Crippen LogP contribution in [0.5, 0.6) is 0 Å². The first-order valence-corrected chi connectivity index (χ1v) is 6.46. The average molecular weight is 303 g/mol. The van der Waals surface area contributed by atoms with Gasteiger partial charge in [0.05, 0.1) is 5.69 Å². The maximum Gasteiger partial charge on any atom is 0.342 e. The second kappa shape index (κ2) is 7.16. The summed E-state index contributed by atoms with van der Waals surface area (Å²) in [6, 6.07) is 9.03. The molecule has 0 unspecified atom stereocenters. The van der Waals surface area contributed by atoms with Crippen molar-refractivity contribution in [1.82, 2.24) is 10.3 Å². The monoisotopic (exact) mass is 303 g/mol. The minimum Gasteiger partial charge on any atom is -0.452 e. The predicted molar refractivity (Wildman–Crippen MR) is 78.3 cm³/mol. The maximum absolute atomic E-state index is 13.6. The number of benzene rings is 1. The number of nitrogens with zero attached hydrogens (tertiary/aromatic N) is 1. The highest BCUT2D eigenvalue weighted by atomic mass is 19.1. The van der Waals surface area contributed by atoms with E-state index in [9.17, 15) is 14.0 Å². The summed E-state index contributed by atoms with van der Waals surface area (Å²) in [4.78, 5) is 27.1. The van der Waals surface area contributed by atoms with E-state index in [0.29, 0.717) is 0 Å². The molecule has 0 bridgehead atoms. The molecule has 22 heavy (non-hydrogen) atoms. The van der Waals surface area contributed by atoms with E-state index in [1.807, 2.05) is 0 Å². The van der Waals surface area contributed by atoms with Gasteiger partial charge in [-0.05, 0) is 24.3 Å². The third-order valence-electron chi connectivity index (χ3n) is 2.77. The summed E-state index contributed by atoms with van der Waals surface area (Å²) in [5, 5.41) is 5.07. The first kappa shape index (κ1) is 15.4. The fourth-order valence-corrected chi connectivity index (χ4v) is 1.64. The van der Waals surface area contributed by atoms with Crippen molar-refractivity contribution in [1.29, 1.82) is 0 Å². The lowest BCUT2D eigenvalue weighted by Gasteiger charge is -2.11. The van der Waals surface area contributed by atoms with Gasteiger partial charge in [0.2, 0.25) is 0 Å². The Hall–Kier alpha value is -2.96. The van der Waals surface area contributed by atoms with Gasteiger partial charge in [0.1, 0.15) is 17.2 Å². The number of hydrogen-bond acceptors (Lipinski definition) is 5. The Bertz CT molecular complexity index is 691. The zero-order chi connectivity index (χ0) is 15.9. The Morgan fingerprint density at radius 2 is 2.00 bits per heavy atom. The van der Waals surface area contributed by atoms with Crippen LogP contribution in [0, 0.1) is 5.82 Å². The number of carbonyl (C=O) groups is 2. The molecule has 2 N–H and O–H groups in total. The van der Waals surface area contributed by atoms with Gasteiger partial charge in [-0.2, -0.15) is 0 Å².